The quantitative estimate of drug-likeness (QED) is 0.180. The van der Waals surface area contributed by atoms with E-state index in [-0.39, 0.29) is 24.4 Å². The Morgan fingerprint density at radius 3 is 2.21 bits per heavy atom. The van der Waals surface area contributed by atoms with Crippen molar-refractivity contribution < 1.29 is 24.2 Å². The van der Waals surface area contributed by atoms with Crippen LogP contribution in [0.15, 0.2) is 91.3 Å². The van der Waals surface area contributed by atoms with Crippen LogP contribution in [-0.2, 0) is 24.1 Å². The number of aryl methyl sites for hydroxylation is 2. The topological polar surface area (TPSA) is 93.6 Å². The first kappa shape index (κ1) is 27.7. The molecule has 0 fully saturated rings. The number of pyridine rings is 1. The lowest BCUT2D eigenvalue weighted by atomic mass is 10.00. The van der Waals surface area contributed by atoms with Crippen LogP contribution in [0.1, 0.15) is 56.7 Å². The zero-order valence-corrected chi connectivity index (χ0v) is 22.1. The Morgan fingerprint density at radius 1 is 0.795 bits per heavy atom. The third-order valence-corrected chi connectivity index (χ3v) is 6.52. The molecule has 0 spiro atoms. The van der Waals surface area contributed by atoms with E-state index in [2.05, 4.69) is 4.98 Å². The van der Waals surface area contributed by atoms with Crippen LogP contribution >= 0.6 is 11.6 Å². The van der Waals surface area contributed by atoms with Crippen LogP contribution in [0, 0.1) is 0 Å². The zero-order valence-electron chi connectivity index (χ0n) is 21.3. The number of hydrogen-bond donors (Lipinski definition) is 1. The Bertz CT molecular complexity index is 1430. The number of Topliss-reactive ketones (excluding diaryl/α,β-unsaturated/α-hetero) is 2. The Hall–Kier alpha value is -4.29. The van der Waals surface area contributed by atoms with E-state index in [0.717, 1.165) is 24.0 Å². The highest BCUT2D eigenvalue weighted by Crippen LogP contribution is 2.29. The van der Waals surface area contributed by atoms with Gasteiger partial charge in [0, 0.05) is 41.4 Å². The number of aliphatic carboxylic acids is 1. The summed E-state index contributed by atoms with van der Waals surface area (Å²) in [6, 6.07) is 23.2. The van der Waals surface area contributed by atoms with Gasteiger partial charge in [0.15, 0.2) is 11.6 Å². The van der Waals surface area contributed by atoms with Gasteiger partial charge in [0.2, 0.25) is 0 Å². The first-order chi connectivity index (χ1) is 18.9. The summed E-state index contributed by atoms with van der Waals surface area (Å²) in [6.07, 6.45) is 5.58. The summed E-state index contributed by atoms with van der Waals surface area (Å²) >= 11 is 5.92. The number of carbonyl (C=O) groups is 3. The molecule has 0 saturated carbocycles. The molecule has 0 amide bonds. The van der Waals surface area contributed by atoms with Crippen LogP contribution < -0.4 is 4.74 Å². The predicted octanol–water partition coefficient (Wildman–Crippen LogP) is 7.18. The number of benzene rings is 3. The number of ketones is 2. The zero-order chi connectivity index (χ0) is 27.6. The molecule has 0 radical (unpaired) electrons. The normalized spacial score (nSPS) is 10.7. The van der Waals surface area contributed by atoms with Gasteiger partial charge >= 0.3 is 5.97 Å². The van der Waals surface area contributed by atoms with E-state index in [1.165, 1.54) is 6.20 Å². The summed E-state index contributed by atoms with van der Waals surface area (Å²) in [5, 5.41) is 9.89. The van der Waals surface area contributed by atoms with E-state index in [0.29, 0.717) is 46.1 Å². The van der Waals surface area contributed by atoms with Gasteiger partial charge in [-0.2, -0.15) is 0 Å². The number of carboxylic acids is 1. The molecule has 0 aliphatic heterocycles. The second-order valence-corrected chi connectivity index (χ2v) is 9.64. The Labute approximate surface area is 232 Å². The minimum Gasteiger partial charge on any atom is -0.481 e. The van der Waals surface area contributed by atoms with Crippen molar-refractivity contribution in [3.05, 3.63) is 124 Å². The maximum atomic E-state index is 12.7. The minimum atomic E-state index is -0.936. The van der Waals surface area contributed by atoms with Gasteiger partial charge < -0.3 is 9.84 Å². The van der Waals surface area contributed by atoms with Gasteiger partial charge in [0.05, 0.1) is 6.42 Å². The van der Waals surface area contributed by atoms with Crippen molar-refractivity contribution in [3.63, 3.8) is 0 Å². The Kier molecular flexibility index (Phi) is 9.59. The fourth-order valence-electron chi connectivity index (χ4n) is 4.22. The van der Waals surface area contributed by atoms with Crippen LogP contribution in [0.25, 0.3) is 0 Å². The monoisotopic (exact) mass is 541 g/mol. The van der Waals surface area contributed by atoms with Crippen molar-refractivity contribution >= 4 is 29.1 Å². The van der Waals surface area contributed by atoms with Crippen LogP contribution in [0.3, 0.4) is 0 Å². The number of ether oxygens (including phenoxy) is 1. The van der Waals surface area contributed by atoms with Gasteiger partial charge in [-0.05, 0) is 90.6 Å². The maximum Gasteiger partial charge on any atom is 0.307 e. The largest absolute Gasteiger partial charge is 0.481 e. The van der Waals surface area contributed by atoms with E-state index in [9.17, 15) is 19.5 Å². The molecule has 1 N–H and O–H groups in total. The lowest BCUT2D eigenvalue weighted by Crippen LogP contribution is -2.05. The third-order valence-electron chi connectivity index (χ3n) is 6.27. The average Bonchev–Trinajstić information content (AvgIpc) is 2.94. The van der Waals surface area contributed by atoms with Crippen molar-refractivity contribution in [2.24, 2.45) is 0 Å². The smallest absolute Gasteiger partial charge is 0.307 e. The molecule has 3 aromatic carbocycles. The van der Waals surface area contributed by atoms with E-state index < -0.39 is 5.97 Å². The lowest BCUT2D eigenvalue weighted by molar-refractivity contribution is -0.136. The highest BCUT2D eigenvalue weighted by molar-refractivity contribution is 6.30. The summed E-state index contributed by atoms with van der Waals surface area (Å²) in [6.45, 7) is 0. The standard InChI is InChI=1S/C32H28ClNO5/c33-27-12-6-22(7-13-27)3-1-5-29(35)24-9-14-28(15-10-24)39-31-17-8-23(20-32(37)38)19-25(31)11-16-30(36)26-4-2-18-34-21-26/h2,4,6-10,12-15,17-19,21H,1,3,5,11,16,20H2,(H,37,38). The molecule has 4 rings (SSSR count). The molecule has 198 valence electrons. The van der Waals surface area contributed by atoms with Gasteiger partial charge in [-0.3, -0.25) is 19.4 Å². The van der Waals surface area contributed by atoms with E-state index >= 15 is 0 Å². The summed E-state index contributed by atoms with van der Waals surface area (Å²) in [5.41, 5.74) is 3.63. The van der Waals surface area contributed by atoms with Crippen LogP contribution in [0.4, 0.5) is 0 Å². The third kappa shape index (κ3) is 8.35. The van der Waals surface area contributed by atoms with E-state index in [1.807, 2.05) is 24.3 Å². The minimum absolute atomic E-state index is 0.0585. The fraction of sp³-hybridized carbons (Fsp3) is 0.188. The van der Waals surface area contributed by atoms with Crippen LogP contribution in [0.5, 0.6) is 11.5 Å². The lowest BCUT2D eigenvalue weighted by Gasteiger charge is -2.13. The van der Waals surface area contributed by atoms with Crippen LogP contribution in [-0.4, -0.2) is 27.6 Å². The number of aromatic nitrogens is 1. The molecular weight excluding hydrogens is 514 g/mol. The highest BCUT2D eigenvalue weighted by atomic mass is 35.5. The second kappa shape index (κ2) is 13.5. The molecule has 0 atom stereocenters. The molecule has 0 aliphatic carbocycles. The van der Waals surface area contributed by atoms with Gasteiger partial charge in [0.25, 0.3) is 0 Å². The van der Waals surface area contributed by atoms with Gasteiger partial charge in [-0.25, -0.2) is 0 Å². The average molecular weight is 542 g/mol. The molecule has 0 bridgehead atoms. The Morgan fingerprint density at radius 2 is 1.51 bits per heavy atom. The summed E-state index contributed by atoms with van der Waals surface area (Å²) in [5.74, 6) is 0.137. The molecule has 0 saturated heterocycles. The van der Waals surface area contributed by atoms with Crippen molar-refractivity contribution in [1.29, 1.82) is 0 Å². The first-order valence-corrected chi connectivity index (χ1v) is 13.1. The molecule has 1 aromatic heterocycles. The predicted molar refractivity (Wildman–Crippen MR) is 150 cm³/mol. The molecule has 4 aromatic rings. The van der Waals surface area contributed by atoms with E-state index in [4.69, 9.17) is 16.3 Å². The van der Waals surface area contributed by atoms with Crippen molar-refractivity contribution in [1.82, 2.24) is 4.98 Å². The number of halogens is 1. The summed E-state index contributed by atoms with van der Waals surface area (Å²) in [7, 11) is 0. The van der Waals surface area contributed by atoms with Crippen molar-refractivity contribution in [2.75, 3.05) is 0 Å². The highest BCUT2D eigenvalue weighted by Gasteiger charge is 2.13. The molecule has 7 heteroatoms. The van der Waals surface area contributed by atoms with Crippen LogP contribution in [0.2, 0.25) is 5.02 Å². The molecule has 1 heterocycles. The summed E-state index contributed by atoms with van der Waals surface area (Å²) in [4.78, 5) is 40.5. The Balaban J connectivity index is 1.40. The number of nitrogens with zero attached hydrogens (tertiary/aromatic N) is 1. The SMILES string of the molecule is O=C(O)Cc1ccc(Oc2ccc(C(=O)CCCc3ccc(Cl)cc3)cc2)c(CCC(=O)c2cccnc2)c1. The second-order valence-electron chi connectivity index (χ2n) is 9.21. The molecule has 0 aliphatic rings. The summed E-state index contributed by atoms with van der Waals surface area (Å²) < 4.78 is 6.10. The fourth-order valence-corrected chi connectivity index (χ4v) is 4.34. The van der Waals surface area contributed by atoms with Gasteiger partial charge in [-0.1, -0.05) is 35.9 Å². The molecule has 6 nitrogen and oxygen atoms in total. The van der Waals surface area contributed by atoms with Crippen molar-refractivity contribution in [2.45, 2.75) is 38.5 Å². The number of hydrogen-bond acceptors (Lipinski definition) is 5. The van der Waals surface area contributed by atoms with Gasteiger partial charge in [0.1, 0.15) is 11.5 Å². The van der Waals surface area contributed by atoms with Gasteiger partial charge in [-0.15, -0.1) is 0 Å². The molecular formula is C32H28ClNO5. The number of carboxylic acid groups (broad SMARTS) is 1. The number of carbonyl (C=O) groups excluding carboxylic acids is 2. The molecule has 39 heavy (non-hydrogen) atoms. The van der Waals surface area contributed by atoms with E-state index in [1.54, 1.807) is 60.8 Å². The molecule has 0 unspecified atom stereocenters. The maximum absolute atomic E-state index is 12.7. The number of rotatable bonds is 13. The first-order valence-electron chi connectivity index (χ1n) is 12.7. The van der Waals surface area contributed by atoms with Crippen molar-refractivity contribution in [3.8, 4) is 11.5 Å².